The molecule has 0 aromatic heterocycles. The summed E-state index contributed by atoms with van der Waals surface area (Å²) in [5.41, 5.74) is 0. The SMILES string of the molecule is CC/C=C\C/C=C\C/C=C\CCCCCCCCCC(=O)OC(COC(=O)CCCCCCCCCCCCCCC)COC(=O)CCCCCCCCCCCCCCCCCCC/C=C\CCCCCCCCCC. The molecule has 6 heteroatoms. The van der Waals surface area contributed by atoms with Crippen molar-refractivity contribution in [2.75, 3.05) is 13.2 Å². The molecule has 0 fully saturated rings. The maximum absolute atomic E-state index is 12.9. The van der Waals surface area contributed by atoms with E-state index in [-0.39, 0.29) is 31.1 Å². The van der Waals surface area contributed by atoms with Crippen LogP contribution in [0.2, 0.25) is 0 Å². The first-order valence-corrected chi connectivity index (χ1v) is 34.1. The van der Waals surface area contributed by atoms with Crippen molar-refractivity contribution in [2.24, 2.45) is 0 Å². The second kappa shape index (κ2) is 65.9. The lowest BCUT2D eigenvalue weighted by Crippen LogP contribution is -2.30. The number of carbonyl (C=O) groups is 3. The smallest absolute Gasteiger partial charge is 0.306 e. The molecular formula is C71H130O6. The molecule has 0 aliphatic heterocycles. The monoisotopic (exact) mass is 1080 g/mol. The van der Waals surface area contributed by atoms with Crippen LogP contribution in [-0.2, 0) is 28.6 Å². The van der Waals surface area contributed by atoms with E-state index < -0.39 is 6.10 Å². The highest BCUT2D eigenvalue weighted by Gasteiger charge is 2.19. The van der Waals surface area contributed by atoms with Crippen molar-refractivity contribution in [3.05, 3.63) is 48.6 Å². The Labute approximate surface area is 479 Å². The van der Waals surface area contributed by atoms with Gasteiger partial charge in [-0.2, -0.15) is 0 Å². The summed E-state index contributed by atoms with van der Waals surface area (Å²) in [5, 5.41) is 0. The third-order valence-electron chi connectivity index (χ3n) is 15.3. The van der Waals surface area contributed by atoms with Gasteiger partial charge in [0.2, 0.25) is 0 Å². The minimum Gasteiger partial charge on any atom is -0.462 e. The summed E-state index contributed by atoms with van der Waals surface area (Å²) >= 11 is 0. The van der Waals surface area contributed by atoms with Crippen LogP contribution >= 0.6 is 0 Å². The molecule has 0 aromatic carbocycles. The fourth-order valence-corrected chi connectivity index (χ4v) is 10.2. The topological polar surface area (TPSA) is 78.9 Å². The van der Waals surface area contributed by atoms with Gasteiger partial charge in [0, 0.05) is 19.3 Å². The lowest BCUT2D eigenvalue weighted by atomic mass is 10.0. The largest absolute Gasteiger partial charge is 0.462 e. The van der Waals surface area contributed by atoms with Gasteiger partial charge >= 0.3 is 17.9 Å². The first-order chi connectivity index (χ1) is 38.0. The molecule has 0 radical (unpaired) electrons. The Balaban J connectivity index is 4.18. The number of allylic oxidation sites excluding steroid dienone is 8. The zero-order chi connectivity index (χ0) is 55.7. The van der Waals surface area contributed by atoms with Gasteiger partial charge in [0.15, 0.2) is 6.10 Å². The van der Waals surface area contributed by atoms with Crippen LogP contribution in [0.5, 0.6) is 0 Å². The molecule has 0 aliphatic carbocycles. The van der Waals surface area contributed by atoms with E-state index in [0.717, 1.165) is 83.5 Å². The molecule has 0 spiro atoms. The van der Waals surface area contributed by atoms with Crippen molar-refractivity contribution in [1.82, 2.24) is 0 Å². The quantitative estimate of drug-likeness (QED) is 0.0261. The zero-order valence-corrected chi connectivity index (χ0v) is 51.7. The first-order valence-electron chi connectivity index (χ1n) is 34.1. The molecule has 6 nitrogen and oxygen atoms in total. The number of ether oxygens (including phenoxy) is 3. The van der Waals surface area contributed by atoms with Crippen molar-refractivity contribution in [2.45, 2.75) is 374 Å². The number of rotatable bonds is 63. The molecule has 0 saturated heterocycles. The van der Waals surface area contributed by atoms with Gasteiger partial charge in [0.05, 0.1) is 0 Å². The Morgan fingerprint density at radius 2 is 0.506 bits per heavy atom. The van der Waals surface area contributed by atoms with Gasteiger partial charge in [-0.3, -0.25) is 14.4 Å². The zero-order valence-electron chi connectivity index (χ0n) is 51.7. The predicted molar refractivity (Wildman–Crippen MR) is 335 cm³/mol. The van der Waals surface area contributed by atoms with E-state index in [1.807, 2.05) is 0 Å². The summed E-state index contributed by atoms with van der Waals surface area (Å²) in [7, 11) is 0. The van der Waals surface area contributed by atoms with Crippen molar-refractivity contribution >= 4 is 17.9 Å². The highest BCUT2D eigenvalue weighted by atomic mass is 16.6. The standard InChI is InChI=1S/C71H130O6/c1-4-7-10-13-16-19-22-25-27-29-30-31-32-33-34-35-36-37-38-39-40-42-43-46-49-52-55-58-61-64-70(73)76-67-68(66-75-69(72)63-60-57-54-51-48-45-24-21-18-15-12-9-6-3)77-71(74)65-62-59-56-53-50-47-44-41-28-26-23-20-17-14-11-8-5-2/h8,11,17,20,26,28-30,68H,4-7,9-10,12-16,18-19,21-25,27,31-67H2,1-3H3/b11-8-,20-17-,28-26-,30-29-. The lowest BCUT2D eigenvalue weighted by molar-refractivity contribution is -0.167. The van der Waals surface area contributed by atoms with Crippen LogP contribution in [0.4, 0.5) is 0 Å². The highest BCUT2D eigenvalue weighted by Crippen LogP contribution is 2.18. The number of carbonyl (C=O) groups excluding carboxylic acids is 3. The summed E-state index contributed by atoms with van der Waals surface area (Å²) < 4.78 is 16.9. The van der Waals surface area contributed by atoms with E-state index in [1.54, 1.807) is 0 Å². The fourth-order valence-electron chi connectivity index (χ4n) is 10.2. The van der Waals surface area contributed by atoms with E-state index in [0.29, 0.717) is 19.3 Å². The molecule has 0 rings (SSSR count). The molecule has 0 N–H and O–H groups in total. The third-order valence-corrected chi connectivity index (χ3v) is 15.3. The van der Waals surface area contributed by atoms with Crippen LogP contribution in [0, 0.1) is 0 Å². The number of hydrogen-bond donors (Lipinski definition) is 0. The maximum atomic E-state index is 12.9. The van der Waals surface area contributed by atoms with Gasteiger partial charge in [-0.15, -0.1) is 0 Å². The molecule has 0 aromatic rings. The van der Waals surface area contributed by atoms with E-state index in [2.05, 4.69) is 69.4 Å². The predicted octanol–water partition coefficient (Wildman–Crippen LogP) is 23.3. The highest BCUT2D eigenvalue weighted by molar-refractivity contribution is 5.71. The average Bonchev–Trinajstić information content (AvgIpc) is 3.43. The van der Waals surface area contributed by atoms with Gasteiger partial charge in [-0.05, 0) is 77.0 Å². The Hall–Kier alpha value is -2.63. The second-order valence-electron chi connectivity index (χ2n) is 23.1. The molecule has 0 aliphatic rings. The minimum absolute atomic E-state index is 0.0725. The molecule has 1 unspecified atom stereocenters. The molecule has 450 valence electrons. The third kappa shape index (κ3) is 64.1. The van der Waals surface area contributed by atoms with Crippen molar-refractivity contribution in [3.8, 4) is 0 Å². The van der Waals surface area contributed by atoms with E-state index in [9.17, 15) is 14.4 Å². The van der Waals surface area contributed by atoms with Crippen molar-refractivity contribution in [3.63, 3.8) is 0 Å². The van der Waals surface area contributed by atoms with E-state index >= 15 is 0 Å². The minimum atomic E-state index is -0.776. The molecule has 0 heterocycles. The Morgan fingerprint density at radius 3 is 0.805 bits per heavy atom. The first kappa shape index (κ1) is 74.4. The Kier molecular flexibility index (Phi) is 63.6. The number of hydrogen-bond acceptors (Lipinski definition) is 6. The van der Waals surface area contributed by atoms with Crippen LogP contribution in [0.15, 0.2) is 48.6 Å². The van der Waals surface area contributed by atoms with Gasteiger partial charge in [-0.25, -0.2) is 0 Å². The summed E-state index contributed by atoms with van der Waals surface area (Å²) in [4.78, 5) is 38.3. The molecule has 0 saturated carbocycles. The van der Waals surface area contributed by atoms with Crippen LogP contribution in [0.3, 0.4) is 0 Å². The van der Waals surface area contributed by atoms with Gasteiger partial charge in [0.25, 0.3) is 0 Å². The molecule has 0 bridgehead atoms. The average molecular weight is 1080 g/mol. The second-order valence-corrected chi connectivity index (χ2v) is 23.1. The molecule has 0 amide bonds. The summed E-state index contributed by atoms with van der Waals surface area (Å²) in [6.07, 6.45) is 82.8. The van der Waals surface area contributed by atoms with Crippen LogP contribution in [0.1, 0.15) is 367 Å². The number of esters is 3. The summed E-state index contributed by atoms with van der Waals surface area (Å²) in [6.45, 7) is 6.58. The van der Waals surface area contributed by atoms with E-state index in [1.165, 1.54) is 244 Å². The molecule has 77 heavy (non-hydrogen) atoms. The van der Waals surface area contributed by atoms with Crippen LogP contribution < -0.4 is 0 Å². The maximum Gasteiger partial charge on any atom is 0.306 e. The van der Waals surface area contributed by atoms with Crippen LogP contribution in [-0.4, -0.2) is 37.2 Å². The van der Waals surface area contributed by atoms with Crippen LogP contribution in [0.25, 0.3) is 0 Å². The molecular weight excluding hydrogens is 949 g/mol. The van der Waals surface area contributed by atoms with Gasteiger partial charge in [-0.1, -0.05) is 320 Å². The summed E-state index contributed by atoms with van der Waals surface area (Å²) in [6, 6.07) is 0. The van der Waals surface area contributed by atoms with Gasteiger partial charge < -0.3 is 14.2 Å². The lowest BCUT2D eigenvalue weighted by Gasteiger charge is -2.18. The molecule has 1 atom stereocenters. The van der Waals surface area contributed by atoms with Crippen molar-refractivity contribution < 1.29 is 28.6 Å². The fraction of sp³-hybridized carbons (Fsp3) is 0.845. The Bertz CT molecular complexity index is 1330. The van der Waals surface area contributed by atoms with Crippen molar-refractivity contribution in [1.29, 1.82) is 0 Å². The summed E-state index contributed by atoms with van der Waals surface area (Å²) in [5.74, 6) is -0.859. The number of unbranched alkanes of at least 4 members (excludes halogenated alkanes) is 44. The van der Waals surface area contributed by atoms with Gasteiger partial charge in [0.1, 0.15) is 13.2 Å². The Morgan fingerprint density at radius 1 is 0.273 bits per heavy atom. The van der Waals surface area contributed by atoms with E-state index in [4.69, 9.17) is 14.2 Å². The normalized spacial score (nSPS) is 12.3.